The van der Waals surface area contributed by atoms with Crippen molar-refractivity contribution in [3.05, 3.63) is 78.0 Å². The average molecular weight is 657 g/mol. The second-order valence-electron chi connectivity index (χ2n) is 11.5. The molecule has 5 aromatic rings. The Morgan fingerprint density at radius 3 is 2.54 bits per heavy atom. The van der Waals surface area contributed by atoms with Crippen molar-refractivity contribution in [2.45, 2.75) is 59.2 Å². The molecule has 13 heteroatoms. The van der Waals surface area contributed by atoms with Gasteiger partial charge < -0.3 is 15.2 Å². The molecule has 1 saturated carbocycles. The number of hydrogen-bond acceptors (Lipinski definition) is 8. The van der Waals surface area contributed by atoms with E-state index < -0.39 is 11.7 Å². The zero-order chi connectivity index (χ0) is 34.3. The zero-order valence-corrected chi connectivity index (χ0v) is 27.5. The van der Waals surface area contributed by atoms with Crippen LogP contribution < -0.4 is 10.6 Å². The van der Waals surface area contributed by atoms with Gasteiger partial charge in [-0.1, -0.05) is 37.6 Å². The molecular formula is C35H39F3N10. The minimum absolute atomic E-state index is 0.182. The summed E-state index contributed by atoms with van der Waals surface area (Å²) in [7, 11) is 1.87. The highest BCUT2D eigenvalue weighted by molar-refractivity contribution is 5.83. The molecule has 0 aliphatic heterocycles. The van der Waals surface area contributed by atoms with E-state index in [1.54, 1.807) is 6.33 Å². The van der Waals surface area contributed by atoms with Gasteiger partial charge in [-0.15, -0.1) is 10.2 Å². The number of aromatic nitrogens is 7. The third kappa shape index (κ3) is 8.24. The lowest BCUT2D eigenvalue weighted by Crippen LogP contribution is -2.18. The van der Waals surface area contributed by atoms with Crippen LogP contribution in [0.1, 0.15) is 56.4 Å². The molecule has 0 unspecified atom stereocenters. The predicted octanol–water partition coefficient (Wildman–Crippen LogP) is 7.36. The minimum Gasteiger partial charge on any atom is -0.370 e. The van der Waals surface area contributed by atoms with Gasteiger partial charge in [0.1, 0.15) is 12.1 Å². The smallest absolute Gasteiger partial charge is 0.370 e. The highest BCUT2D eigenvalue weighted by Gasteiger charge is 2.35. The van der Waals surface area contributed by atoms with Crippen LogP contribution in [0.4, 0.5) is 19.0 Å². The van der Waals surface area contributed by atoms with Crippen molar-refractivity contribution in [3.63, 3.8) is 0 Å². The summed E-state index contributed by atoms with van der Waals surface area (Å²) in [4.78, 5) is 9.16. The van der Waals surface area contributed by atoms with E-state index in [0.29, 0.717) is 55.0 Å². The molecule has 0 radical (unpaired) electrons. The highest BCUT2D eigenvalue weighted by Crippen LogP contribution is 2.37. The van der Waals surface area contributed by atoms with Gasteiger partial charge in [0.25, 0.3) is 0 Å². The van der Waals surface area contributed by atoms with Gasteiger partial charge in [0.05, 0.1) is 29.2 Å². The molecule has 1 aliphatic carbocycles. The number of alkyl halides is 3. The number of nitrogens with zero attached hydrogens (tertiary/aromatic N) is 8. The van der Waals surface area contributed by atoms with Gasteiger partial charge in [0, 0.05) is 43.9 Å². The summed E-state index contributed by atoms with van der Waals surface area (Å²) in [6.45, 7) is 7.71. The minimum atomic E-state index is -4.59. The number of rotatable bonds is 12. The first-order valence-electron chi connectivity index (χ1n) is 16.1. The highest BCUT2D eigenvalue weighted by atomic mass is 19.4. The van der Waals surface area contributed by atoms with Crippen molar-refractivity contribution in [3.8, 4) is 45.7 Å². The summed E-state index contributed by atoms with van der Waals surface area (Å²) >= 11 is 0. The average Bonchev–Trinajstić information content (AvgIpc) is 3.58. The van der Waals surface area contributed by atoms with Crippen LogP contribution >= 0.6 is 0 Å². The summed E-state index contributed by atoms with van der Waals surface area (Å²) < 4.78 is 45.6. The maximum absolute atomic E-state index is 14.1. The number of pyridine rings is 2. The quantitative estimate of drug-likeness (QED) is 0.134. The second kappa shape index (κ2) is 15.2. The van der Waals surface area contributed by atoms with Crippen LogP contribution in [-0.4, -0.2) is 47.6 Å². The molecule has 0 amide bonds. The fraction of sp³-hybridized carbons (Fsp3) is 0.371. The molecule has 10 nitrogen and oxygen atoms in total. The van der Waals surface area contributed by atoms with Crippen molar-refractivity contribution in [2.75, 3.05) is 18.4 Å². The largest absolute Gasteiger partial charge is 0.418 e. The van der Waals surface area contributed by atoms with Gasteiger partial charge >= 0.3 is 6.18 Å². The SMILES string of the molecule is CC.Cc1ccc(-c2nncn2C)c(-c2cc(NCCCC#N)nc(-n3cc(-c4nc(CNCC5CC5)ccc4C(F)(F)F)cn3)c2)c1. The summed E-state index contributed by atoms with van der Waals surface area (Å²) in [5.74, 6) is 2.24. The molecule has 250 valence electrons. The van der Waals surface area contributed by atoms with E-state index in [0.717, 1.165) is 34.9 Å². The van der Waals surface area contributed by atoms with Gasteiger partial charge in [-0.2, -0.15) is 23.5 Å². The Labute approximate surface area is 278 Å². The second-order valence-corrected chi connectivity index (χ2v) is 11.5. The van der Waals surface area contributed by atoms with Crippen LogP contribution in [0.2, 0.25) is 0 Å². The van der Waals surface area contributed by atoms with E-state index in [9.17, 15) is 13.2 Å². The summed E-state index contributed by atoms with van der Waals surface area (Å²) in [5.41, 5.74) is 3.29. The van der Waals surface area contributed by atoms with Crippen molar-refractivity contribution in [2.24, 2.45) is 13.0 Å². The van der Waals surface area contributed by atoms with Crippen LogP contribution in [-0.2, 0) is 19.8 Å². The van der Waals surface area contributed by atoms with E-state index in [1.807, 2.05) is 62.7 Å². The molecule has 48 heavy (non-hydrogen) atoms. The van der Waals surface area contributed by atoms with E-state index >= 15 is 0 Å². The molecule has 4 heterocycles. The first kappa shape index (κ1) is 34.3. The van der Waals surface area contributed by atoms with Crippen molar-refractivity contribution in [1.82, 2.24) is 39.8 Å². The first-order chi connectivity index (χ1) is 23.2. The molecular weight excluding hydrogens is 617 g/mol. The molecule has 1 aliphatic rings. The van der Waals surface area contributed by atoms with Crippen molar-refractivity contribution in [1.29, 1.82) is 5.26 Å². The van der Waals surface area contributed by atoms with Crippen LogP contribution in [0.5, 0.6) is 0 Å². The number of nitrogens with one attached hydrogen (secondary N) is 2. The molecule has 2 N–H and O–H groups in total. The van der Waals surface area contributed by atoms with Crippen LogP contribution in [0, 0.1) is 24.2 Å². The lowest BCUT2D eigenvalue weighted by atomic mass is 9.97. The Hall–Kier alpha value is -5.09. The molecule has 6 rings (SSSR count). The van der Waals surface area contributed by atoms with Crippen LogP contribution in [0.3, 0.4) is 0 Å². The standard InChI is InChI=1S/C33H33F3N10.C2H6/c1-21-5-9-26(32-44-40-20-45(32)2)27(13-21)23-14-29(39-12-4-3-11-37)43-30(15-23)46-19-24(17-41-46)31-28(33(34,35)36)10-8-25(42-31)18-38-16-22-6-7-22;1-2/h5,8-10,13-15,17,19-20,22,38H,3-4,6-7,12,16,18H2,1-2H3,(H,39,43);1-2H3. The number of unbranched alkanes of at least 4 members (excludes halogenated alkanes) is 1. The topological polar surface area (TPSA) is 122 Å². The normalized spacial score (nSPS) is 12.7. The molecule has 4 aromatic heterocycles. The third-order valence-corrected chi connectivity index (χ3v) is 7.81. The number of anilines is 1. The number of aryl methyl sites for hydroxylation is 2. The van der Waals surface area contributed by atoms with Crippen molar-refractivity contribution < 1.29 is 13.2 Å². The van der Waals surface area contributed by atoms with Crippen LogP contribution in [0.15, 0.2) is 61.2 Å². The first-order valence-corrected chi connectivity index (χ1v) is 16.1. The van der Waals surface area contributed by atoms with Gasteiger partial charge in [-0.05, 0) is 74.0 Å². The lowest BCUT2D eigenvalue weighted by molar-refractivity contribution is -0.137. The Balaban J connectivity index is 0.00000221. The molecule has 1 fully saturated rings. The van der Waals surface area contributed by atoms with E-state index in [4.69, 9.17) is 10.2 Å². The molecule has 0 spiro atoms. The van der Waals surface area contributed by atoms with E-state index in [-0.39, 0.29) is 11.3 Å². The zero-order valence-electron chi connectivity index (χ0n) is 27.5. The molecule has 0 atom stereocenters. The Kier molecular flexibility index (Phi) is 10.9. The van der Waals surface area contributed by atoms with Crippen LogP contribution in [0.25, 0.3) is 39.6 Å². The predicted molar refractivity (Wildman–Crippen MR) is 179 cm³/mol. The maximum atomic E-state index is 14.1. The van der Waals surface area contributed by atoms with E-state index in [1.165, 1.54) is 36.0 Å². The van der Waals surface area contributed by atoms with Gasteiger partial charge in [-0.25, -0.2) is 9.67 Å². The number of benzene rings is 1. The van der Waals surface area contributed by atoms with Crippen molar-refractivity contribution >= 4 is 5.82 Å². The monoisotopic (exact) mass is 656 g/mol. The summed E-state index contributed by atoms with van der Waals surface area (Å²) in [5, 5.41) is 28.3. The lowest BCUT2D eigenvalue weighted by Gasteiger charge is -2.14. The number of halogens is 3. The molecule has 0 saturated heterocycles. The Bertz CT molecular complexity index is 1880. The van der Waals surface area contributed by atoms with Gasteiger partial charge in [0.2, 0.25) is 0 Å². The Morgan fingerprint density at radius 1 is 1.02 bits per heavy atom. The summed E-state index contributed by atoms with van der Waals surface area (Å²) in [6, 6.07) is 14.4. The van der Waals surface area contributed by atoms with E-state index in [2.05, 4.69) is 37.0 Å². The number of nitriles is 1. The third-order valence-electron chi connectivity index (χ3n) is 7.81. The molecule has 0 bridgehead atoms. The van der Waals surface area contributed by atoms with Gasteiger partial charge in [0.15, 0.2) is 11.6 Å². The fourth-order valence-corrected chi connectivity index (χ4v) is 5.23. The van der Waals surface area contributed by atoms with Gasteiger partial charge in [-0.3, -0.25) is 4.98 Å². The number of hydrogen-bond donors (Lipinski definition) is 2. The maximum Gasteiger partial charge on any atom is 0.418 e. The Morgan fingerprint density at radius 2 is 1.83 bits per heavy atom. The molecule has 1 aromatic carbocycles. The summed E-state index contributed by atoms with van der Waals surface area (Å²) in [6.07, 6.45) is 3.30. The fourth-order valence-electron chi connectivity index (χ4n) is 5.23.